The Morgan fingerprint density at radius 3 is 3.00 bits per heavy atom. The summed E-state index contributed by atoms with van der Waals surface area (Å²) in [6.45, 7) is 8.09. The number of amides is 1. The molecule has 1 aromatic rings. The van der Waals surface area contributed by atoms with E-state index in [1.54, 1.807) is 0 Å². The fraction of sp³-hybridized carbons (Fsp3) is 0.786. The quantitative estimate of drug-likeness (QED) is 0.848. The van der Waals surface area contributed by atoms with Crippen LogP contribution in [0.4, 0.5) is 0 Å². The van der Waals surface area contributed by atoms with Crippen LogP contribution in [0.15, 0.2) is 4.52 Å². The number of aromatic nitrogens is 2. The summed E-state index contributed by atoms with van der Waals surface area (Å²) in [4.78, 5) is 16.2. The first-order valence-corrected chi connectivity index (χ1v) is 7.39. The normalized spacial score (nSPS) is 23.0. The number of nitrogens with zero attached hydrogens (tertiary/aromatic N) is 2. The molecule has 1 fully saturated rings. The Morgan fingerprint density at radius 1 is 1.55 bits per heavy atom. The van der Waals surface area contributed by atoms with Crippen LogP contribution in [0.2, 0.25) is 0 Å². The molecule has 1 amide bonds. The molecule has 6 heteroatoms. The Hall–Kier alpha value is -1.43. The minimum atomic E-state index is 0.0508. The fourth-order valence-corrected chi connectivity index (χ4v) is 2.29. The van der Waals surface area contributed by atoms with E-state index in [1.807, 2.05) is 13.8 Å². The molecule has 2 rings (SSSR count). The largest absolute Gasteiger partial charge is 0.352 e. The van der Waals surface area contributed by atoms with E-state index in [1.165, 1.54) is 0 Å². The van der Waals surface area contributed by atoms with Crippen LogP contribution in [-0.4, -0.2) is 35.2 Å². The summed E-state index contributed by atoms with van der Waals surface area (Å²) in [6.07, 6.45) is 2.00. The Balaban J connectivity index is 1.76. The number of aryl methyl sites for hydroxylation is 1. The van der Waals surface area contributed by atoms with Crippen molar-refractivity contribution in [3.63, 3.8) is 0 Å². The van der Waals surface area contributed by atoms with E-state index < -0.39 is 0 Å². The molecule has 0 spiro atoms. The SMILES string of the molecule is CC(C)c1noc(CCC(=O)NC2CNCCC2C)n1. The van der Waals surface area contributed by atoms with Gasteiger partial charge in [-0.25, -0.2) is 0 Å². The van der Waals surface area contributed by atoms with Crippen molar-refractivity contribution in [2.45, 2.75) is 52.0 Å². The maximum Gasteiger partial charge on any atom is 0.227 e. The third-order valence-electron chi connectivity index (χ3n) is 3.74. The second kappa shape index (κ2) is 6.83. The van der Waals surface area contributed by atoms with Gasteiger partial charge in [0.1, 0.15) is 0 Å². The summed E-state index contributed by atoms with van der Waals surface area (Å²) in [5.74, 6) is 2.06. The lowest BCUT2D eigenvalue weighted by molar-refractivity contribution is -0.122. The molecule has 1 aromatic heterocycles. The van der Waals surface area contributed by atoms with Crippen molar-refractivity contribution in [3.8, 4) is 0 Å². The van der Waals surface area contributed by atoms with Gasteiger partial charge in [0.2, 0.25) is 11.8 Å². The van der Waals surface area contributed by atoms with Crippen molar-refractivity contribution in [1.82, 2.24) is 20.8 Å². The van der Waals surface area contributed by atoms with Crippen LogP contribution in [0.3, 0.4) is 0 Å². The monoisotopic (exact) mass is 280 g/mol. The summed E-state index contributed by atoms with van der Waals surface area (Å²) in [5, 5.41) is 10.3. The molecular weight excluding hydrogens is 256 g/mol. The zero-order valence-electron chi connectivity index (χ0n) is 12.5. The smallest absolute Gasteiger partial charge is 0.227 e. The molecule has 0 aromatic carbocycles. The summed E-state index contributed by atoms with van der Waals surface area (Å²) in [5.41, 5.74) is 0. The van der Waals surface area contributed by atoms with Gasteiger partial charge in [0.05, 0.1) is 0 Å². The lowest BCUT2D eigenvalue weighted by atomic mass is 9.95. The molecule has 0 saturated carbocycles. The number of carbonyl (C=O) groups excluding carboxylic acids is 1. The Bertz CT molecular complexity index is 444. The highest BCUT2D eigenvalue weighted by Crippen LogP contribution is 2.12. The van der Waals surface area contributed by atoms with Crippen molar-refractivity contribution in [2.24, 2.45) is 5.92 Å². The van der Waals surface area contributed by atoms with Gasteiger partial charge in [0, 0.05) is 31.3 Å². The average molecular weight is 280 g/mol. The maximum absolute atomic E-state index is 11.9. The van der Waals surface area contributed by atoms with E-state index in [9.17, 15) is 4.79 Å². The van der Waals surface area contributed by atoms with Gasteiger partial charge < -0.3 is 15.2 Å². The van der Waals surface area contributed by atoms with Crippen molar-refractivity contribution in [3.05, 3.63) is 11.7 Å². The van der Waals surface area contributed by atoms with Gasteiger partial charge >= 0.3 is 0 Å². The molecule has 1 aliphatic heterocycles. The molecule has 2 unspecified atom stereocenters. The van der Waals surface area contributed by atoms with Crippen LogP contribution in [-0.2, 0) is 11.2 Å². The van der Waals surface area contributed by atoms with Crippen molar-refractivity contribution in [2.75, 3.05) is 13.1 Å². The fourth-order valence-electron chi connectivity index (χ4n) is 2.29. The lowest BCUT2D eigenvalue weighted by Crippen LogP contribution is -2.50. The summed E-state index contributed by atoms with van der Waals surface area (Å²) in [7, 11) is 0. The third-order valence-corrected chi connectivity index (χ3v) is 3.74. The van der Waals surface area contributed by atoms with Crippen LogP contribution in [0.5, 0.6) is 0 Å². The number of rotatable bonds is 5. The minimum Gasteiger partial charge on any atom is -0.352 e. The van der Waals surface area contributed by atoms with Crippen LogP contribution in [0.25, 0.3) is 0 Å². The van der Waals surface area contributed by atoms with Gasteiger partial charge in [-0.2, -0.15) is 4.98 Å². The van der Waals surface area contributed by atoms with E-state index in [0.717, 1.165) is 19.5 Å². The lowest BCUT2D eigenvalue weighted by Gasteiger charge is -2.30. The van der Waals surface area contributed by atoms with Crippen LogP contribution in [0.1, 0.15) is 51.2 Å². The molecule has 112 valence electrons. The van der Waals surface area contributed by atoms with Crippen molar-refractivity contribution >= 4 is 5.91 Å². The summed E-state index contributed by atoms with van der Waals surface area (Å²) < 4.78 is 5.13. The summed E-state index contributed by atoms with van der Waals surface area (Å²) >= 11 is 0. The number of nitrogens with one attached hydrogen (secondary N) is 2. The molecule has 1 aliphatic rings. The number of piperidine rings is 1. The van der Waals surface area contributed by atoms with E-state index in [4.69, 9.17) is 4.52 Å². The van der Waals surface area contributed by atoms with Gasteiger partial charge in [-0.05, 0) is 18.9 Å². The first kappa shape index (κ1) is 15.0. The standard InChI is InChI=1S/C14H24N4O2/c1-9(2)14-17-13(20-18-14)5-4-12(19)16-11-8-15-7-6-10(11)3/h9-11,15H,4-8H2,1-3H3,(H,16,19). The van der Waals surface area contributed by atoms with Crippen LogP contribution >= 0.6 is 0 Å². The molecule has 2 heterocycles. The molecule has 0 aliphatic carbocycles. The predicted octanol–water partition coefficient (Wildman–Crippen LogP) is 1.24. The summed E-state index contributed by atoms with van der Waals surface area (Å²) in [6, 6.07) is 0.227. The molecule has 1 saturated heterocycles. The van der Waals surface area contributed by atoms with E-state index in [-0.39, 0.29) is 17.9 Å². The van der Waals surface area contributed by atoms with E-state index in [0.29, 0.717) is 30.5 Å². The van der Waals surface area contributed by atoms with E-state index >= 15 is 0 Å². The van der Waals surface area contributed by atoms with Gasteiger partial charge in [0.15, 0.2) is 5.82 Å². The van der Waals surface area contributed by atoms with Gasteiger partial charge in [-0.3, -0.25) is 4.79 Å². The second-order valence-electron chi connectivity index (χ2n) is 5.85. The topological polar surface area (TPSA) is 80.0 Å². The Kier molecular flexibility index (Phi) is 5.11. The molecule has 0 radical (unpaired) electrons. The average Bonchev–Trinajstić information content (AvgIpc) is 2.88. The van der Waals surface area contributed by atoms with Gasteiger partial charge in [0.25, 0.3) is 0 Å². The zero-order valence-corrected chi connectivity index (χ0v) is 12.5. The number of hydrogen-bond acceptors (Lipinski definition) is 5. The first-order valence-electron chi connectivity index (χ1n) is 7.39. The highest BCUT2D eigenvalue weighted by Gasteiger charge is 2.22. The minimum absolute atomic E-state index is 0.0508. The highest BCUT2D eigenvalue weighted by molar-refractivity contribution is 5.76. The Morgan fingerprint density at radius 2 is 2.35 bits per heavy atom. The molecule has 20 heavy (non-hydrogen) atoms. The second-order valence-corrected chi connectivity index (χ2v) is 5.85. The highest BCUT2D eigenvalue weighted by atomic mass is 16.5. The van der Waals surface area contributed by atoms with Gasteiger partial charge in [-0.15, -0.1) is 0 Å². The van der Waals surface area contributed by atoms with Crippen molar-refractivity contribution < 1.29 is 9.32 Å². The number of hydrogen-bond donors (Lipinski definition) is 2. The molecule has 0 bridgehead atoms. The van der Waals surface area contributed by atoms with Gasteiger partial charge in [-0.1, -0.05) is 25.9 Å². The maximum atomic E-state index is 11.9. The Labute approximate surface area is 119 Å². The molecular formula is C14H24N4O2. The first-order chi connectivity index (χ1) is 9.56. The molecule has 2 N–H and O–H groups in total. The van der Waals surface area contributed by atoms with Crippen molar-refractivity contribution in [1.29, 1.82) is 0 Å². The molecule has 6 nitrogen and oxygen atoms in total. The third kappa shape index (κ3) is 4.03. The van der Waals surface area contributed by atoms with Crippen LogP contribution in [0, 0.1) is 5.92 Å². The predicted molar refractivity (Wildman–Crippen MR) is 75.3 cm³/mol. The molecule has 2 atom stereocenters. The van der Waals surface area contributed by atoms with Crippen LogP contribution < -0.4 is 10.6 Å². The number of carbonyl (C=O) groups is 1. The zero-order chi connectivity index (χ0) is 14.5. The van der Waals surface area contributed by atoms with E-state index in [2.05, 4.69) is 27.7 Å².